The lowest BCUT2D eigenvalue weighted by Gasteiger charge is -2.37. The first kappa shape index (κ1) is 17.1. The van der Waals surface area contributed by atoms with Crippen molar-refractivity contribution in [3.8, 4) is 0 Å². The van der Waals surface area contributed by atoms with E-state index in [2.05, 4.69) is 30.3 Å². The number of benzene rings is 3. The molecule has 0 fully saturated rings. The fourth-order valence-corrected chi connectivity index (χ4v) is 3.12. The predicted octanol–water partition coefficient (Wildman–Crippen LogP) is 4.28. The molecule has 0 saturated heterocycles. The Morgan fingerprint density at radius 2 is 1.62 bits per heavy atom. The van der Waals surface area contributed by atoms with E-state index in [1.54, 1.807) is 13.8 Å². The molecule has 0 atom stereocenters. The normalized spacial score (nSPS) is 13.0. The maximum absolute atomic E-state index is 10.3. The molecule has 0 amide bonds. The van der Waals surface area contributed by atoms with E-state index < -0.39 is 11.2 Å². The van der Waals surface area contributed by atoms with Crippen LogP contribution in [-0.2, 0) is 4.65 Å². The van der Waals surface area contributed by atoms with Gasteiger partial charge in [0.2, 0.25) is 0 Å². The molecule has 1 heterocycles. The monoisotopic (exact) mass is 346 g/mol. The molecule has 1 N–H and O–H groups in total. The quantitative estimate of drug-likeness (QED) is 0.561. The van der Waals surface area contributed by atoms with E-state index in [4.69, 9.17) is 9.07 Å². The molecule has 0 unspecified atom stereocenters. The van der Waals surface area contributed by atoms with Gasteiger partial charge < -0.3 is 14.2 Å². The van der Waals surface area contributed by atoms with Crippen LogP contribution in [0.15, 0.2) is 59.0 Å². The largest absolute Gasteiger partial charge is 0.456 e. The Morgan fingerprint density at radius 1 is 0.885 bits per heavy atom. The smallest absolute Gasteiger partial charge is 0.309 e. The molecule has 0 bridgehead atoms. The van der Waals surface area contributed by atoms with Crippen LogP contribution < -0.4 is 5.46 Å². The predicted molar refractivity (Wildman–Crippen MR) is 109 cm³/mol. The van der Waals surface area contributed by atoms with Crippen LogP contribution in [0.3, 0.4) is 0 Å². The van der Waals surface area contributed by atoms with Gasteiger partial charge in [0.25, 0.3) is 0 Å². The molecule has 26 heavy (non-hydrogen) atoms. The lowest BCUT2D eigenvalue weighted by atomic mass is 9.81. The molecular weight excluding hydrogens is 323 g/mol. The first-order chi connectivity index (χ1) is 12.3. The molecule has 132 valence electrons. The summed E-state index contributed by atoms with van der Waals surface area (Å²) in [7, 11) is 0.444. The number of hydrogen-bond donors (Lipinski definition) is 1. The summed E-state index contributed by atoms with van der Waals surface area (Å²) in [5.74, 6) is 0. The second-order valence-corrected chi connectivity index (χ2v) is 7.95. The summed E-state index contributed by atoms with van der Waals surface area (Å²) in [6.07, 6.45) is 0. The number of fused-ring (bicyclic) bond motifs is 5. The van der Waals surface area contributed by atoms with Crippen molar-refractivity contribution in [2.75, 3.05) is 0 Å². The topological polar surface area (TPSA) is 42.6 Å². The van der Waals surface area contributed by atoms with Gasteiger partial charge in [-0.25, -0.2) is 0 Å². The Morgan fingerprint density at radius 3 is 2.38 bits per heavy atom. The molecule has 3 aromatic carbocycles. The fraction of sp³-hybridized carbons (Fsp3) is 0.273. The highest BCUT2D eigenvalue weighted by Crippen LogP contribution is 2.34. The summed E-state index contributed by atoms with van der Waals surface area (Å²) < 4.78 is 12.0. The van der Waals surface area contributed by atoms with Crippen LogP contribution in [0.25, 0.3) is 32.7 Å². The summed E-state index contributed by atoms with van der Waals surface area (Å²) in [4.78, 5) is 0. The van der Waals surface area contributed by atoms with Crippen molar-refractivity contribution in [3.05, 3.63) is 54.6 Å². The van der Waals surface area contributed by atoms with Crippen molar-refractivity contribution in [2.24, 2.45) is 0 Å². The number of rotatable bonds is 4. The van der Waals surface area contributed by atoms with Gasteiger partial charge >= 0.3 is 7.48 Å². The Bertz CT molecular complexity index is 1100. The molecule has 3 nitrogen and oxygen atoms in total. The maximum Gasteiger partial charge on any atom is 0.309 e. The van der Waals surface area contributed by atoms with E-state index >= 15 is 0 Å². The highest BCUT2D eigenvalue weighted by atomic mass is 16.5. The summed E-state index contributed by atoms with van der Waals surface area (Å²) in [6, 6.07) is 18.6. The zero-order valence-corrected chi connectivity index (χ0v) is 15.7. The molecule has 0 spiro atoms. The van der Waals surface area contributed by atoms with Gasteiger partial charge in [-0.3, -0.25) is 0 Å². The molecule has 0 radical (unpaired) electrons. The Balaban J connectivity index is 1.80. The van der Waals surface area contributed by atoms with Gasteiger partial charge in [0.05, 0.1) is 11.2 Å². The van der Waals surface area contributed by atoms with Crippen molar-refractivity contribution in [1.29, 1.82) is 0 Å². The molecule has 4 rings (SSSR count). The standard InChI is InChI=1S/C22H23BO3/c1-21(2,24)22(3,4)26-23-15-11-9-14-10-12-19-20(17(14)13-15)16-7-5-6-8-18(16)25-19/h5-13,23-24H,1-4H3. The minimum absolute atomic E-state index is 0.444. The lowest BCUT2D eigenvalue weighted by molar-refractivity contribution is -0.0893. The average molecular weight is 346 g/mol. The maximum atomic E-state index is 10.3. The number of hydrogen-bond acceptors (Lipinski definition) is 3. The fourth-order valence-electron chi connectivity index (χ4n) is 3.12. The van der Waals surface area contributed by atoms with Crippen LogP contribution in [0.1, 0.15) is 27.7 Å². The molecule has 0 saturated carbocycles. The van der Waals surface area contributed by atoms with Gasteiger partial charge in [-0.1, -0.05) is 47.9 Å². The minimum Gasteiger partial charge on any atom is -0.456 e. The third kappa shape index (κ3) is 2.79. The van der Waals surface area contributed by atoms with Gasteiger partial charge in [-0.15, -0.1) is 0 Å². The zero-order chi connectivity index (χ0) is 18.5. The lowest BCUT2D eigenvalue weighted by Crippen LogP contribution is -2.49. The summed E-state index contributed by atoms with van der Waals surface area (Å²) >= 11 is 0. The number of furan rings is 1. The van der Waals surface area contributed by atoms with Gasteiger partial charge in [-0.2, -0.15) is 0 Å². The average Bonchev–Trinajstić information content (AvgIpc) is 2.98. The molecular formula is C22H23BO3. The Labute approximate surface area is 153 Å². The van der Waals surface area contributed by atoms with E-state index in [1.165, 1.54) is 5.39 Å². The van der Waals surface area contributed by atoms with Crippen LogP contribution in [0.5, 0.6) is 0 Å². The van der Waals surface area contributed by atoms with Crippen LogP contribution in [0.4, 0.5) is 0 Å². The number of para-hydroxylation sites is 1. The highest BCUT2D eigenvalue weighted by Gasteiger charge is 2.35. The van der Waals surface area contributed by atoms with Crippen molar-refractivity contribution < 1.29 is 14.2 Å². The molecule has 0 aliphatic heterocycles. The second-order valence-electron chi connectivity index (χ2n) is 7.95. The van der Waals surface area contributed by atoms with Crippen molar-refractivity contribution in [2.45, 2.75) is 38.9 Å². The zero-order valence-electron chi connectivity index (χ0n) is 15.7. The van der Waals surface area contributed by atoms with Crippen molar-refractivity contribution in [1.82, 2.24) is 0 Å². The Kier molecular flexibility index (Phi) is 3.87. The molecule has 1 aromatic heterocycles. The third-order valence-electron chi connectivity index (χ3n) is 5.50. The van der Waals surface area contributed by atoms with Gasteiger partial charge in [0, 0.05) is 10.8 Å². The Hall–Kier alpha value is -2.30. The summed E-state index contributed by atoms with van der Waals surface area (Å²) in [6.45, 7) is 7.37. The van der Waals surface area contributed by atoms with E-state index in [-0.39, 0.29) is 0 Å². The van der Waals surface area contributed by atoms with Crippen molar-refractivity contribution >= 4 is 45.7 Å². The molecule has 4 aromatic rings. The van der Waals surface area contributed by atoms with E-state index in [0.29, 0.717) is 7.48 Å². The highest BCUT2D eigenvalue weighted by molar-refractivity contribution is 6.47. The third-order valence-corrected chi connectivity index (χ3v) is 5.50. The minimum atomic E-state index is -0.919. The summed E-state index contributed by atoms with van der Waals surface area (Å²) in [5, 5.41) is 14.9. The van der Waals surface area contributed by atoms with E-state index in [0.717, 1.165) is 32.8 Å². The van der Waals surface area contributed by atoms with Crippen LogP contribution in [0, 0.1) is 0 Å². The van der Waals surface area contributed by atoms with Gasteiger partial charge in [0.1, 0.15) is 11.2 Å². The first-order valence-corrected chi connectivity index (χ1v) is 8.95. The van der Waals surface area contributed by atoms with Crippen LogP contribution in [-0.4, -0.2) is 23.8 Å². The first-order valence-electron chi connectivity index (χ1n) is 8.95. The van der Waals surface area contributed by atoms with Gasteiger partial charge in [0.15, 0.2) is 0 Å². The van der Waals surface area contributed by atoms with E-state index in [9.17, 15) is 5.11 Å². The summed E-state index contributed by atoms with van der Waals surface area (Å²) in [5.41, 5.74) is 1.31. The van der Waals surface area contributed by atoms with Gasteiger partial charge in [-0.05, 0) is 50.6 Å². The van der Waals surface area contributed by atoms with Crippen molar-refractivity contribution in [3.63, 3.8) is 0 Å². The van der Waals surface area contributed by atoms with Crippen LogP contribution >= 0.6 is 0 Å². The number of aliphatic hydroxyl groups is 1. The molecule has 0 aliphatic rings. The molecule has 4 heteroatoms. The molecule has 0 aliphatic carbocycles. The SMILES string of the molecule is CC(C)(O)C(C)(C)OBc1ccc2ccc3oc4ccccc4c3c2c1. The van der Waals surface area contributed by atoms with Crippen LogP contribution in [0.2, 0.25) is 0 Å². The van der Waals surface area contributed by atoms with E-state index in [1.807, 2.05) is 38.1 Å². The second kappa shape index (κ2) is 5.87.